The van der Waals surface area contributed by atoms with Crippen molar-refractivity contribution in [1.82, 2.24) is 14.8 Å². The van der Waals surface area contributed by atoms with E-state index in [9.17, 15) is 9.59 Å². The van der Waals surface area contributed by atoms with Gasteiger partial charge in [0.25, 0.3) is 5.91 Å². The Morgan fingerprint density at radius 3 is 2.61 bits per heavy atom. The highest BCUT2D eigenvalue weighted by atomic mass is 35.5. The van der Waals surface area contributed by atoms with Crippen LogP contribution in [0.15, 0.2) is 42.5 Å². The zero-order valence-electron chi connectivity index (χ0n) is 16.8. The monoisotopic (exact) mass is 474 g/mol. The average Bonchev–Trinajstić information content (AvgIpc) is 3.14. The third-order valence-corrected chi connectivity index (χ3v) is 6.53. The number of benzene rings is 2. The molecule has 9 heteroatoms. The maximum Gasteiger partial charge on any atom is 0.253 e. The minimum atomic E-state index is -0.321. The summed E-state index contributed by atoms with van der Waals surface area (Å²) in [6.45, 7) is 3.20. The van der Waals surface area contributed by atoms with Crippen LogP contribution in [0, 0.1) is 0 Å². The molecule has 2 aromatic carbocycles. The van der Waals surface area contributed by atoms with Gasteiger partial charge < -0.3 is 9.80 Å². The minimum absolute atomic E-state index is 0.0248. The van der Waals surface area contributed by atoms with Gasteiger partial charge in [0.2, 0.25) is 5.91 Å². The van der Waals surface area contributed by atoms with Crippen LogP contribution >= 0.6 is 34.5 Å². The predicted octanol–water partition coefficient (Wildman–Crippen LogP) is 4.64. The summed E-state index contributed by atoms with van der Waals surface area (Å²) in [7, 11) is 2.06. The fourth-order valence-electron chi connectivity index (χ4n) is 3.25. The van der Waals surface area contributed by atoms with Crippen molar-refractivity contribution in [2.45, 2.75) is 0 Å². The second-order valence-corrected chi connectivity index (χ2v) is 9.16. The predicted molar refractivity (Wildman–Crippen MR) is 127 cm³/mol. The molecule has 1 aromatic heterocycles. The lowest BCUT2D eigenvalue weighted by molar-refractivity contribution is -0.111. The maximum atomic E-state index is 12.8. The van der Waals surface area contributed by atoms with Gasteiger partial charge in [0.15, 0.2) is 5.13 Å². The molecule has 1 fully saturated rings. The van der Waals surface area contributed by atoms with Crippen LogP contribution in [0.2, 0.25) is 10.0 Å². The van der Waals surface area contributed by atoms with E-state index in [1.54, 1.807) is 30.3 Å². The smallest absolute Gasteiger partial charge is 0.253 e. The molecule has 2 amide bonds. The molecule has 0 atom stereocenters. The highest BCUT2D eigenvalue weighted by molar-refractivity contribution is 7.22. The highest BCUT2D eigenvalue weighted by Gasteiger charge is 2.21. The van der Waals surface area contributed by atoms with E-state index in [1.807, 2.05) is 17.0 Å². The number of hydrogen-bond acceptors (Lipinski definition) is 5. The summed E-state index contributed by atoms with van der Waals surface area (Å²) in [5.74, 6) is -0.296. The molecular formula is C22H20Cl2N4O2S. The molecule has 0 unspecified atom stereocenters. The van der Waals surface area contributed by atoms with E-state index < -0.39 is 0 Å². The van der Waals surface area contributed by atoms with Gasteiger partial charge in [-0.05, 0) is 49.0 Å². The number of carbonyl (C=O) groups is 2. The number of piperazine rings is 1. The fourth-order valence-corrected chi connectivity index (χ4v) is 4.63. The SMILES string of the molecule is CN1CCN(C(=O)c2ccc3nc(NC(=O)/C=C/c4ccc(Cl)cc4Cl)sc3c2)CC1. The van der Waals surface area contributed by atoms with E-state index in [0.29, 0.717) is 26.3 Å². The van der Waals surface area contributed by atoms with Crippen LogP contribution < -0.4 is 5.32 Å². The van der Waals surface area contributed by atoms with E-state index in [1.165, 1.54) is 17.4 Å². The molecule has 6 nitrogen and oxygen atoms in total. The molecule has 0 bridgehead atoms. The summed E-state index contributed by atoms with van der Waals surface area (Å²) in [5, 5.41) is 4.23. The zero-order chi connectivity index (χ0) is 22.0. The number of carbonyl (C=O) groups excluding carboxylic acids is 2. The van der Waals surface area contributed by atoms with Crippen LogP contribution in [-0.2, 0) is 4.79 Å². The second-order valence-electron chi connectivity index (χ2n) is 7.29. The van der Waals surface area contributed by atoms with Gasteiger partial charge in [-0.1, -0.05) is 40.6 Å². The average molecular weight is 475 g/mol. The number of rotatable bonds is 4. The van der Waals surface area contributed by atoms with E-state index in [2.05, 4.69) is 22.2 Å². The quantitative estimate of drug-likeness (QED) is 0.559. The molecular weight excluding hydrogens is 455 g/mol. The van der Waals surface area contributed by atoms with Gasteiger partial charge >= 0.3 is 0 Å². The molecule has 0 radical (unpaired) electrons. The van der Waals surface area contributed by atoms with Crippen molar-refractivity contribution in [2.75, 3.05) is 38.5 Å². The number of fused-ring (bicyclic) bond motifs is 1. The van der Waals surface area contributed by atoms with Crippen LogP contribution in [0.5, 0.6) is 0 Å². The van der Waals surface area contributed by atoms with Crippen molar-refractivity contribution in [3.05, 3.63) is 63.6 Å². The zero-order valence-corrected chi connectivity index (χ0v) is 19.1. The van der Waals surface area contributed by atoms with Crippen molar-refractivity contribution in [2.24, 2.45) is 0 Å². The topological polar surface area (TPSA) is 65.5 Å². The van der Waals surface area contributed by atoms with Crippen LogP contribution in [0.3, 0.4) is 0 Å². The first-order valence-electron chi connectivity index (χ1n) is 9.71. The lowest BCUT2D eigenvalue weighted by Crippen LogP contribution is -2.47. The first-order chi connectivity index (χ1) is 14.9. The Kier molecular flexibility index (Phi) is 6.57. The number of anilines is 1. The van der Waals surface area contributed by atoms with Crippen LogP contribution in [0.1, 0.15) is 15.9 Å². The minimum Gasteiger partial charge on any atom is -0.336 e. The lowest BCUT2D eigenvalue weighted by atomic mass is 10.1. The standard InChI is InChI=1S/C22H20Cl2N4O2S/c1-27-8-10-28(11-9-27)21(30)15-3-6-18-19(12-15)31-22(25-18)26-20(29)7-4-14-2-5-16(23)13-17(14)24/h2-7,12-13H,8-11H2,1H3,(H,25,26,29)/b7-4+. The first-order valence-corrected chi connectivity index (χ1v) is 11.3. The normalized spacial score (nSPS) is 15.0. The second kappa shape index (κ2) is 9.36. The Hall–Kier alpha value is -2.45. The van der Waals surface area contributed by atoms with Gasteiger partial charge in [0.05, 0.1) is 10.2 Å². The van der Waals surface area contributed by atoms with Crippen molar-refractivity contribution < 1.29 is 9.59 Å². The maximum absolute atomic E-state index is 12.8. The molecule has 160 valence electrons. The largest absolute Gasteiger partial charge is 0.336 e. The number of nitrogens with zero attached hydrogens (tertiary/aromatic N) is 3. The number of likely N-dealkylation sites (N-methyl/N-ethyl adjacent to an activating group) is 1. The summed E-state index contributed by atoms with van der Waals surface area (Å²) >= 11 is 13.3. The van der Waals surface area contributed by atoms with Crippen molar-refractivity contribution in [3.8, 4) is 0 Å². The van der Waals surface area contributed by atoms with Gasteiger partial charge in [-0.2, -0.15) is 0 Å². The molecule has 31 heavy (non-hydrogen) atoms. The van der Waals surface area contributed by atoms with Gasteiger partial charge in [0, 0.05) is 47.9 Å². The first kappa shape index (κ1) is 21.8. The van der Waals surface area contributed by atoms with E-state index in [0.717, 1.165) is 36.4 Å². The van der Waals surface area contributed by atoms with E-state index in [-0.39, 0.29) is 11.8 Å². The third kappa shape index (κ3) is 5.25. The summed E-state index contributed by atoms with van der Waals surface area (Å²) in [4.78, 5) is 33.6. The van der Waals surface area contributed by atoms with Crippen LogP contribution in [0.4, 0.5) is 5.13 Å². The number of thiazole rings is 1. The lowest BCUT2D eigenvalue weighted by Gasteiger charge is -2.32. The molecule has 0 aliphatic carbocycles. The van der Waals surface area contributed by atoms with Gasteiger partial charge in [0.1, 0.15) is 0 Å². The summed E-state index contributed by atoms with van der Waals surface area (Å²) in [6, 6.07) is 10.5. The summed E-state index contributed by atoms with van der Waals surface area (Å²) < 4.78 is 0.847. The molecule has 1 aliphatic heterocycles. The number of nitrogens with one attached hydrogen (secondary N) is 1. The molecule has 0 spiro atoms. The Bertz CT molecular complexity index is 1170. The Morgan fingerprint density at radius 1 is 1.10 bits per heavy atom. The molecule has 3 aromatic rings. The molecule has 4 rings (SSSR count). The van der Waals surface area contributed by atoms with Gasteiger partial charge in [-0.3, -0.25) is 14.9 Å². The number of halogens is 2. The van der Waals surface area contributed by atoms with Crippen molar-refractivity contribution >= 4 is 67.8 Å². The van der Waals surface area contributed by atoms with Gasteiger partial charge in [-0.15, -0.1) is 0 Å². The number of aromatic nitrogens is 1. The summed E-state index contributed by atoms with van der Waals surface area (Å²) in [5.41, 5.74) is 2.06. The fraction of sp³-hybridized carbons (Fsp3) is 0.227. The third-order valence-electron chi connectivity index (χ3n) is 5.03. The highest BCUT2D eigenvalue weighted by Crippen LogP contribution is 2.28. The Balaban J connectivity index is 1.44. The van der Waals surface area contributed by atoms with E-state index >= 15 is 0 Å². The van der Waals surface area contributed by atoms with Crippen molar-refractivity contribution in [1.29, 1.82) is 0 Å². The molecule has 1 N–H and O–H groups in total. The van der Waals surface area contributed by atoms with Gasteiger partial charge in [-0.25, -0.2) is 4.98 Å². The molecule has 1 aliphatic rings. The van der Waals surface area contributed by atoms with Crippen LogP contribution in [-0.4, -0.2) is 59.8 Å². The molecule has 1 saturated heterocycles. The Labute approximate surface area is 194 Å². The van der Waals surface area contributed by atoms with Crippen molar-refractivity contribution in [3.63, 3.8) is 0 Å². The molecule has 0 saturated carbocycles. The Morgan fingerprint density at radius 2 is 1.87 bits per heavy atom. The van der Waals surface area contributed by atoms with E-state index in [4.69, 9.17) is 23.2 Å². The number of hydrogen-bond donors (Lipinski definition) is 1. The molecule has 2 heterocycles. The summed E-state index contributed by atoms with van der Waals surface area (Å²) in [6.07, 6.45) is 3.01. The number of amides is 2. The van der Waals surface area contributed by atoms with Crippen LogP contribution in [0.25, 0.3) is 16.3 Å².